The molecule has 0 spiro atoms. The van der Waals surface area contributed by atoms with E-state index in [1.807, 2.05) is 19.2 Å². The van der Waals surface area contributed by atoms with Crippen LogP contribution >= 0.6 is 23.5 Å². The van der Waals surface area contributed by atoms with Gasteiger partial charge in [-0.3, -0.25) is 4.79 Å². The van der Waals surface area contributed by atoms with Gasteiger partial charge in [0.25, 0.3) is 0 Å². The molecule has 1 heterocycles. The monoisotopic (exact) mass is 311 g/mol. The number of rotatable bonds is 6. The van der Waals surface area contributed by atoms with Crippen molar-refractivity contribution in [3.8, 4) is 0 Å². The van der Waals surface area contributed by atoms with Gasteiger partial charge in [-0.1, -0.05) is 11.8 Å². The van der Waals surface area contributed by atoms with Crippen molar-refractivity contribution in [1.29, 1.82) is 0 Å². The van der Waals surface area contributed by atoms with Crippen LogP contribution in [0.1, 0.15) is 6.92 Å². The molecular formula is C13H17N3O2S2. The van der Waals surface area contributed by atoms with Crippen LogP contribution in [0.4, 0.5) is 11.4 Å². The highest BCUT2D eigenvalue weighted by Gasteiger charge is 2.27. The number of thioether (sulfide) groups is 2. The number of Topliss-reactive ketones (excluding diaryl/α,β-unsaturated/α-hetero) is 1. The number of nitrogens with two attached hydrogens (primary N) is 1. The lowest BCUT2D eigenvalue weighted by atomic mass is 10.2. The maximum Gasteiger partial charge on any atom is 0.147 e. The summed E-state index contributed by atoms with van der Waals surface area (Å²) >= 11 is 3.39. The molecule has 1 aromatic carbocycles. The zero-order chi connectivity index (χ0) is 14.7. The maximum atomic E-state index is 11.1. The second kappa shape index (κ2) is 6.60. The highest BCUT2D eigenvalue weighted by molar-refractivity contribution is 8.03. The van der Waals surface area contributed by atoms with E-state index in [1.165, 1.54) is 6.92 Å². The van der Waals surface area contributed by atoms with Gasteiger partial charge in [-0.05, 0) is 30.3 Å². The van der Waals surface area contributed by atoms with Crippen LogP contribution in [0.15, 0.2) is 28.3 Å². The molecule has 2 atom stereocenters. The summed E-state index contributed by atoms with van der Waals surface area (Å²) in [6.07, 6.45) is 0. The molecule has 0 fully saturated rings. The normalized spacial score (nSPS) is 18.8. The van der Waals surface area contributed by atoms with E-state index in [0.717, 1.165) is 16.3 Å². The van der Waals surface area contributed by atoms with Crippen molar-refractivity contribution in [3.63, 3.8) is 0 Å². The van der Waals surface area contributed by atoms with Gasteiger partial charge >= 0.3 is 0 Å². The lowest BCUT2D eigenvalue weighted by Gasteiger charge is -2.21. The molecule has 108 valence electrons. The number of nitroso groups, excluding NO2 is 1. The van der Waals surface area contributed by atoms with Gasteiger partial charge in [-0.2, -0.15) is 11.8 Å². The van der Waals surface area contributed by atoms with Gasteiger partial charge in [0.2, 0.25) is 0 Å². The minimum atomic E-state index is -0.384. The predicted molar refractivity (Wildman–Crippen MR) is 85.9 cm³/mol. The molecule has 0 amide bonds. The SMILES string of the molecule is CC(=O)C(N)CSCC1Sc2cc(N=O)ccc2N1C. The molecular weight excluding hydrogens is 294 g/mol. The zero-order valence-corrected chi connectivity index (χ0v) is 13.0. The van der Waals surface area contributed by atoms with E-state index in [1.54, 1.807) is 29.6 Å². The first-order valence-corrected chi connectivity index (χ1v) is 8.27. The Kier molecular flexibility index (Phi) is 5.06. The second-order valence-electron chi connectivity index (χ2n) is 4.68. The molecule has 0 bridgehead atoms. The quantitative estimate of drug-likeness (QED) is 0.814. The van der Waals surface area contributed by atoms with E-state index in [9.17, 15) is 9.70 Å². The average Bonchev–Trinajstić information content (AvgIpc) is 2.74. The molecule has 1 aliphatic rings. The van der Waals surface area contributed by atoms with Crippen molar-refractivity contribution in [1.82, 2.24) is 0 Å². The molecule has 2 rings (SSSR count). The molecule has 0 saturated heterocycles. The van der Waals surface area contributed by atoms with E-state index in [0.29, 0.717) is 11.4 Å². The zero-order valence-electron chi connectivity index (χ0n) is 11.4. The molecule has 0 aromatic heterocycles. The standard InChI is InChI=1S/C13H17N3O2S2/c1-8(17)10(14)6-19-7-13-16(2)11-4-3-9(15-18)5-12(11)20-13/h3-5,10,13H,6-7,14H2,1-2H3. The van der Waals surface area contributed by atoms with E-state index in [2.05, 4.69) is 10.1 Å². The van der Waals surface area contributed by atoms with Crippen LogP contribution < -0.4 is 10.6 Å². The summed E-state index contributed by atoms with van der Waals surface area (Å²) in [6, 6.07) is 5.08. The summed E-state index contributed by atoms with van der Waals surface area (Å²) in [7, 11) is 2.03. The molecule has 1 aromatic rings. The molecule has 5 nitrogen and oxygen atoms in total. The van der Waals surface area contributed by atoms with Gasteiger partial charge in [0.15, 0.2) is 0 Å². The van der Waals surface area contributed by atoms with Crippen molar-refractivity contribution in [2.24, 2.45) is 10.9 Å². The molecule has 0 radical (unpaired) electrons. The number of fused-ring (bicyclic) bond motifs is 1. The summed E-state index contributed by atoms with van der Waals surface area (Å²) in [6.45, 7) is 1.52. The highest BCUT2D eigenvalue weighted by Crippen LogP contribution is 2.44. The van der Waals surface area contributed by atoms with Gasteiger partial charge < -0.3 is 10.6 Å². The first-order chi connectivity index (χ1) is 9.52. The fourth-order valence-corrected chi connectivity index (χ4v) is 4.58. The van der Waals surface area contributed by atoms with Gasteiger partial charge in [0.05, 0.1) is 17.1 Å². The highest BCUT2D eigenvalue weighted by atomic mass is 32.2. The Hall–Kier alpha value is -1.05. The van der Waals surface area contributed by atoms with E-state index in [-0.39, 0.29) is 17.2 Å². The number of nitrogens with zero attached hydrogens (tertiary/aromatic N) is 2. The number of carbonyl (C=O) groups is 1. The van der Waals surface area contributed by atoms with Crippen molar-refractivity contribution < 1.29 is 4.79 Å². The van der Waals surface area contributed by atoms with E-state index >= 15 is 0 Å². The van der Waals surface area contributed by atoms with E-state index in [4.69, 9.17) is 5.73 Å². The Morgan fingerprint density at radius 3 is 3.00 bits per heavy atom. The van der Waals surface area contributed by atoms with Crippen LogP contribution in [0.3, 0.4) is 0 Å². The first-order valence-electron chi connectivity index (χ1n) is 6.23. The van der Waals surface area contributed by atoms with Crippen molar-refractivity contribution in [3.05, 3.63) is 23.1 Å². The molecule has 2 N–H and O–H groups in total. The molecule has 0 aliphatic carbocycles. The smallest absolute Gasteiger partial charge is 0.147 e. The summed E-state index contributed by atoms with van der Waals surface area (Å²) in [5.74, 6) is 1.54. The number of hydrogen-bond donors (Lipinski definition) is 1. The van der Waals surface area contributed by atoms with Gasteiger partial charge in [0, 0.05) is 23.4 Å². The van der Waals surface area contributed by atoms with Crippen molar-refractivity contribution in [2.45, 2.75) is 23.2 Å². The Balaban J connectivity index is 1.93. The summed E-state index contributed by atoms with van der Waals surface area (Å²) < 4.78 is 0. The Morgan fingerprint density at radius 2 is 2.35 bits per heavy atom. The summed E-state index contributed by atoms with van der Waals surface area (Å²) in [4.78, 5) is 24.9. The predicted octanol–water partition coefficient (Wildman–Crippen LogP) is 2.60. The fourth-order valence-electron chi connectivity index (χ4n) is 1.89. The number of ketones is 1. The molecule has 1 aliphatic heterocycles. The van der Waals surface area contributed by atoms with Crippen LogP contribution in [0.25, 0.3) is 0 Å². The van der Waals surface area contributed by atoms with Gasteiger partial charge in [0.1, 0.15) is 11.5 Å². The first kappa shape index (κ1) is 15.3. The minimum Gasteiger partial charge on any atom is -0.361 e. The summed E-state index contributed by atoms with van der Waals surface area (Å²) in [5, 5.41) is 3.25. The Bertz CT molecular complexity index is 524. The number of anilines is 1. The third-order valence-corrected chi connectivity index (χ3v) is 5.90. The lowest BCUT2D eigenvalue weighted by molar-refractivity contribution is -0.117. The largest absolute Gasteiger partial charge is 0.361 e. The van der Waals surface area contributed by atoms with Crippen LogP contribution in [-0.2, 0) is 4.79 Å². The fraction of sp³-hybridized carbons (Fsp3) is 0.462. The van der Waals surface area contributed by atoms with Crippen LogP contribution in [-0.4, -0.2) is 35.8 Å². The second-order valence-corrected chi connectivity index (χ2v) is 6.98. The van der Waals surface area contributed by atoms with Crippen LogP contribution in [0, 0.1) is 4.91 Å². The van der Waals surface area contributed by atoms with Crippen molar-refractivity contribution in [2.75, 3.05) is 23.5 Å². The molecule has 0 saturated carbocycles. The maximum absolute atomic E-state index is 11.1. The van der Waals surface area contributed by atoms with Crippen LogP contribution in [0.5, 0.6) is 0 Å². The third kappa shape index (κ3) is 3.34. The third-order valence-electron chi connectivity index (χ3n) is 3.20. The Labute approximate surface area is 126 Å². The topological polar surface area (TPSA) is 75.8 Å². The van der Waals surface area contributed by atoms with Crippen LogP contribution in [0.2, 0.25) is 0 Å². The molecule has 7 heteroatoms. The lowest BCUT2D eigenvalue weighted by Crippen LogP contribution is -2.32. The molecule has 2 unspecified atom stereocenters. The van der Waals surface area contributed by atoms with Gasteiger partial charge in [-0.25, -0.2) is 0 Å². The average molecular weight is 311 g/mol. The van der Waals surface area contributed by atoms with E-state index < -0.39 is 0 Å². The Morgan fingerprint density at radius 1 is 1.60 bits per heavy atom. The number of carbonyl (C=O) groups excluding carboxylic acids is 1. The van der Waals surface area contributed by atoms with Crippen molar-refractivity contribution >= 4 is 40.7 Å². The number of hydrogen-bond acceptors (Lipinski definition) is 7. The van der Waals surface area contributed by atoms with Gasteiger partial charge in [-0.15, -0.1) is 4.91 Å². The number of benzene rings is 1. The minimum absolute atomic E-state index is 0.0231. The molecule has 20 heavy (non-hydrogen) atoms. The summed E-state index contributed by atoms with van der Waals surface area (Å²) in [5.41, 5.74) is 7.29.